The topological polar surface area (TPSA) is 108 Å². The number of aromatic nitrogens is 6. The number of nitrogens with zero attached hydrogens (tertiary/aromatic N) is 5. The maximum Gasteiger partial charge on any atom is 0.314 e. The van der Waals surface area contributed by atoms with Crippen LogP contribution < -0.4 is 5.56 Å². The van der Waals surface area contributed by atoms with Crippen LogP contribution in [0, 0.1) is 5.41 Å². The van der Waals surface area contributed by atoms with Gasteiger partial charge in [-0.2, -0.15) is 5.21 Å². The Morgan fingerprint density at radius 1 is 1.02 bits per heavy atom. The van der Waals surface area contributed by atoms with Crippen molar-refractivity contribution < 1.29 is 9.53 Å². The Morgan fingerprint density at radius 2 is 1.79 bits per heavy atom. The standard InChI is InChI=1S/C33H40N6O3/c1-3-11-28-27(22-23-15-17-24(18-16-23)25-12-6-7-13-26(25)30-34-36-37-35-30)31(40)39-29(14-10-21-38(28)39)33(32(41)42-4-2)19-8-5-9-20-33/h6-7,12-13,15-18,29H,3-5,8-11,14,19-22H2,1-2H3,(H,34,35,36,37). The molecular weight excluding hydrogens is 528 g/mol. The lowest BCUT2D eigenvalue weighted by Crippen LogP contribution is -2.48. The summed E-state index contributed by atoms with van der Waals surface area (Å²) in [7, 11) is 0. The van der Waals surface area contributed by atoms with Crippen LogP contribution in [0.1, 0.15) is 88.1 Å². The third-order valence-electron chi connectivity index (χ3n) is 9.24. The lowest BCUT2D eigenvalue weighted by Gasteiger charge is -2.44. The number of hydrogen-bond acceptors (Lipinski definition) is 6. The summed E-state index contributed by atoms with van der Waals surface area (Å²) in [6.07, 6.45) is 8.87. The van der Waals surface area contributed by atoms with Gasteiger partial charge >= 0.3 is 5.97 Å². The van der Waals surface area contributed by atoms with Gasteiger partial charge < -0.3 is 4.74 Å². The Hall–Kier alpha value is -4.01. The molecule has 9 heteroatoms. The molecular formula is C33H40N6O3. The van der Waals surface area contributed by atoms with Crippen LogP contribution in [-0.2, 0) is 28.9 Å². The highest BCUT2D eigenvalue weighted by Crippen LogP contribution is 2.49. The molecule has 1 aliphatic carbocycles. The molecule has 0 bridgehead atoms. The van der Waals surface area contributed by atoms with Gasteiger partial charge in [0, 0.05) is 29.8 Å². The quantitative estimate of drug-likeness (QED) is 0.252. The van der Waals surface area contributed by atoms with E-state index in [0.717, 1.165) is 97.8 Å². The minimum Gasteiger partial charge on any atom is -0.466 e. The molecule has 1 fully saturated rings. The second kappa shape index (κ2) is 12.1. The molecule has 4 aromatic rings. The summed E-state index contributed by atoms with van der Waals surface area (Å²) in [5, 5.41) is 14.6. The van der Waals surface area contributed by atoms with E-state index in [-0.39, 0.29) is 17.6 Å². The highest BCUT2D eigenvalue weighted by atomic mass is 16.5. The molecule has 1 atom stereocenters. The first-order chi connectivity index (χ1) is 20.6. The van der Waals surface area contributed by atoms with E-state index >= 15 is 0 Å². The van der Waals surface area contributed by atoms with Gasteiger partial charge in [0.2, 0.25) is 5.82 Å². The summed E-state index contributed by atoms with van der Waals surface area (Å²) in [5.74, 6) is 0.436. The minimum atomic E-state index is -0.622. The van der Waals surface area contributed by atoms with Crippen LogP contribution in [0.25, 0.3) is 22.5 Å². The van der Waals surface area contributed by atoms with Crippen molar-refractivity contribution in [1.82, 2.24) is 30.0 Å². The molecule has 0 spiro atoms. The summed E-state index contributed by atoms with van der Waals surface area (Å²) >= 11 is 0. The van der Waals surface area contributed by atoms with E-state index in [1.54, 1.807) is 0 Å². The Balaban J connectivity index is 1.36. The molecule has 2 aromatic carbocycles. The molecule has 1 unspecified atom stereocenters. The van der Waals surface area contributed by atoms with Crippen LogP contribution >= 0.6 is 0 Å². The van der Waals surface area contributed by atoms with Crippen molar-refractivity contribution in [3.63, 3.8) is 0 Å². The molecule has 0 amide bonds. The molecule has 2 aliphatic rings. The predicted octanol–water partition coefficient (Wildman–Crippen LogP) is 5.89. The van der Waals surface area contributed by atoms with Crippen LogP contribution in [0.15, 0.2) is 53.3 Å². The zero-order chi connectivity index (χ0) is 29.1. The lowest BCUT2D eigenvalue weighted by atomic mass is 9.67. The van der Waals surface area contributed by atoms with E-state index in [4.69, 9.17) is 4.74 Å². The molecule has 1 aliphatic heterocycles. The number of rotatable bonds is 9. The number of fused-ring (bicyclic) bond motifs is 1. The Kier molecular flexibility index (Phi) is 8.09. The Bertz CT molecular complexity index is 1580. The summed E-state index contributed by atoms with van der Waals surface area (Å²) < 4.78 is 9.87. The molecule has 9 nitrogen and oxygen atoms in total. The maximum atomic E-state index is 14.3. The number of tetrazole rings is 1. The van der Waals surface area contributed by atoms with E-state index in [9.17, 15) is 9.59 Å². The van der Waals surface area contributed by atoms with Crippen LogP contribution in [0.3, 0.4) is 0 Å². The number of carbonyl (C=O) groups is 1. The van der Waals surface area contributed by atoms with Crippen molar-refractivity contribution >= 4 is 5.97 Å². The molecule has 42 heavy (non-hydrogen) atoms. The molecule has 0 radical (unpaired) electrons. The fraction of sp³-hybridized carbons (Fsp3) is 0.485. The lowest BCUT2D eigenvalue weighted by molar-refractivity contribution is -0.163. The average Bonchev–Trinajstić information content (AvgIpc) is 3.66. The molecule has 3 heterocycles. The second-order valence-electron chi connectivity index (χ2n) is 11.7. The third-order valence-corrected chi connectivity index (χ3v) is 9.24. The zero-order valence-corrected chi connectivity index (χ0v) is 24.6. The monoisotopic (exact) mass is 568 g/mol. The van der Waals surface area contributed by atoms with Gasteiger partial charge in [0.25, 0.3) is 5.56 Å². The summed E-state index contributed by atoms with van der Waals surface area (Å²) in [5.41, 5.74) is 5.49. The largest absolute Gasteiger partial charge is 0.466 e. The van der Waals surface area contributed by atoms with Crippen LogP contribution in [0.2, 0.25) is 0 Å². The average molecular weight is 569 g/mol. The van der Waals surface area contributed by atoms with E-state index < -0.39 is 5.41 Å². The fourth-order valence-corrected chi connectivity index (χ4v) is 7.31. The van der Waals surface area contributed by atoms with Crippen molar-refractivity contribution in [2.45, 2.75) is 90.6 Å². The SMILES string of the molecule is CCCc1c(Cc2ccc(-c3ccccc3-c3nn[nH]n3)cc2)c(=O)n2n1CCCC2C1(C(=O)OCC)CCCCC1. The maximum absolute atomic E-state index is 14.3. The van der Waals surface area contributed by atoms with Gasteiger partial charge in [-0.1, -0.05) is 81.1 Å². The van der Waals surface area contributed by atoms with Crippen molar-refractivity contribution in [3.8, 4) is 22.5 Å². The van der Waals surface area contributed by atoms with E-state index in [2.05, 4.69) is 62.6 Å². The van der Waals surface area contributed by atoms with E-state index in [1.165, 1.54) is 0 Å². The first kappa shape index (κ1) is 28.1. The first-order valence-electron chi connectivity index (χ1n) is 15.5. The summed E-state index contributed by atoms with van der Waals surface area (Å²) in [6, 6.07) is 16.3. The second-order valence-corrected chi connectivity index (χ2v) is 11.7. The van der Waals surface area contributed by atoms with E-state index in [0.29, 0.717) is 18.9 Å². The third kappa shape index (κ3) is 4.99. The van der Waals surface area contributed by atoms with Gasteiger partial charge in [-0.05, 0) is 60.9 Å². The summed E-state index contributed by atoms with van der Waals surface area (Å²) in [4.78, 5) is 27.9. The van der Waals surface area contributed by atoms with Gasteiger partial charge in [0.05, 0.1) is 18.1 Å². The number of hydrogen-bond donors (Lipinski definition) is 1. The van der Waals surface area contributed by atoms with Crippen LogP contribution in [0.5, 0.6) is 0 Å². The number of esters is 1. The highest BCUT2D eigenvalue weighted by Gasteiger charge is 2.50. The Labute approximate surface area is 246 Å². The normalized spacial score (nSPS) is 18.0. The van der Waals surface area contributed by atoms with Gasteiger partial charge in [-0.15, -0.1) is 10.2 Å². The van der Waals surface area contributed by atoms with Crippen molar-refractivity contribution in [2.24, 2.45) is 5.41 Å². The minimum absolute atomic E-state index is 0.0592. The van der Waals surface area contributed by atoms with Gasteiger partial charge in [-0.25, -0.2) is 4.68 Å². The highest BCUT2D eigenvalue weighted by molar-refractivity contribution is 5.80. The van der Waals surface area contributed by atoms with E-state index in [1.807, 2.05) is 29.8 Å². The number of nitrogens with one attached hydrogen (secondary N) is 1. The fourth-order valence-electron chi connectivity index (χ4n) is 7.31. The molecule has 0 saturated heterocycles. The van der Waals surface area contributed by atoms with Crippen molar-refractivity contribution in [1.29, 1.82) is 0 Å². The van der Waals surface area contributed by atoms with Gasteiger partial charge in [-0.3, -0.25) is 14.3 Å². The van der Waals surface area contributed by atoms with Gasteiger partial charge in [0.1, 0.15) is 0 Å². The number of benzene rings is 2. The molecule has 220 valence electrons. The van der Waals surface area contributed by atoms with Crippen LogP contribution in [-0.4, -0.2) is 42.6 Å². The first-order valence-corrected chi connectivity index (χ1v) is 15.5. The molecule has 1 saturated carbocycles. The van der Waals surface area contributed by atoms with Crippen molar-refractivity contribution in [3.05, 3.63) is 75.7 Å². The summed E-state index contributed by atoms with van der Waals surface area (Å²) in [6.45, 7) is 5.21. The van der Waals surface area contributed by atoms with Gasteiger partial charge in [0.15, 0.2) is 0 Å². The smallest absolute Gasteiger partial charge is 0.314 e. The predicted molar refractivity (Wildman–Crippen MR) is 161 cm³/mol. The number of aromatic amines is 1. The molecule has 6 rings (SSSR count). The number of ether oxygens (including phenoxy) is 1. The Morgan fingerprint density at radius 3 is 2.48 bits per heavy atom. The number of H-pyrrole nitrogens is 1. The molecule has 2 aromatic heterocycles. The van der Waals surface area contributed by atoms with Crippen molar-refractivity contribution in [2.75, 3.05) is 6.61 Å². The number of carbonyl (C=O) groups excluding carboxylic acids is 1. The van der Waals surface area contributed by atoms with Crippen LogP contribution in [0.4, 0.5) is 0 Å². The molecule has 1 N–H and O–H groups in total. The zero-order valence-electron chi connectivity index (χ0n) is 24.6.